The quantitative estimate of drug-likeness (QED) is 0.936. The van der Waals surface area contributed by atoms with Crippen molar-refractivity contribution < 1.29 is 19.2 Å². The molecule has 1 N–H and O–H groups in total. The lowest BCUT2D eigenvalue weighted by molar-refractivity contribution is -0.0180. The molecule has 0 saturated carbocycles. The minimum absolute atomic E-state index is 0.213. The van der Waals surface area contributed by atoms with E-state index in [1.807, 2.05) is 24.3 Å². The fourth-order valence-corrected chi connectivity index (χ4v) is 3.19. The Kier molecular flexibility index (Phi) is 4.09. The maximum atomic E-state index is 12.6. The van der Waals surface area contributed by atoms with Gasteiger partial charge in [-0.1, -0.05) is 17.3 Å². The third kappa shape index (κ3) is 2.82. The first-order chi connectivity index (χ1) is 11.0. The van der Waals surface area contributed by atoms with Crippen LogP contribution in [0.3, 0.4) is 0 Å². The van der Waals surface area contributed by atoms with Crippen molar-refractivity contribution in [3.05, 3.63) is 47.9 Å². The summed E-state index contributed by atoms with van der Waals surface area (Å²) >= 11 is 0. The number of nitrogens with zero attached hydrogens (tertiary/aromatic N) is 2. The van der Waals surface area contributed by atoms with Crippen LogP contribution in [0.15, 0.2) is 41.1 Å². The second kappa shape index (κ2) is 6.04. The van der Waals surface area contributed by atoms with Gasteiger partial charge in [-0.15, -0.1) is 0 Å². The molecule has 0 bridgehead atoms. The van der Waals surface area contributed by atoms with Crippen molar-refractivity contribution in [2.24, 2.45) is 0 Å². The van der Waals surface area contributed by atoms with Crippen LogP contribution in [0, 0.1) is 0 Å². The van der Waals surface area contributed by atoms with Gasteiger partial charge in [0.2, 0.25) is 0 Å². The zero-order chi connectivity index (χ0) is 16.4. The molecule has 2 atom stereocenters. The Morgan fingerprint density at radius 1 is 1.39 bits per heavy atom. The highest BCUT2D eigenvalue weighted by atomic mass is 16.5. The van der Waals surface area contributed by atoms with Gasteiger partial charge in [0, 0.05) is 12.6 Å². The molecule has 6 nitrogen and oxygen atoms in total. The second-order valence-corrected chi connectivity index (χ2v) is 5.92. The maximum absolute atomic E-state index is 12.6. The molecule has 2 aromatic rings. The fraction of sp³-hybridized carbons (Fsp3) is 0.412. The van der Waals surface area contributed by atoms with E-state index in [1.165, 1.54) is 6.26 Å². The van der Waals surface area contributed by atoms with Crippen LogP contribution in [0.4, 0.5) is 0 Å². The summed E-state index contributed by atoms with van der Waals surface area (Å²) in [5.74, 6) is 0.515. The molecule has 1 aliphatic rings. The number of hydrogen-bond donors (Lipinski definition) is 1. The number of aliphatic hydroxyl groups is 1. The van der Waals surface area contributed by atoms with Crippen molar-refractivity contribution in [1.29, 1.82) is 0 Å². The van der Waals surface area contributed by atoms with Crippen LogP contribution in [-0.4, -0.2) is 40.8 Å². The molecule has 0 aliphatic carbocycles. The average Bonchev–Trinajstić information content (AvgIpc) is 3.25. The van der Waals surface area contributed by atoms with Crippen LogP contribution in [-0.2, 0) is 5.60 Å². The monoisotopic (exact) mass is 316 g/mol. The van der Waals surface area contributed by atoms with Crippen molar-refractivity contribution >= 4 is 5.91 Å². The first kappa shape index (κ1) is 15.6. The number of ether oxygens (including phenoxy) is 1. The molecular formula is C17H20N2O4. The first-order valence-corrected chi connectivity index (χ1v) is 7.62. The van der Waals surface area contributed by atoms with Gasteiger partial charge in [-0.25, -0.2) is 0 Å². The Morgan fingerprint density at radius 2 is 2.13 bits per heavy atom. The molecule has 6 heteroatoms. The molecule has 2 heterocycles. The Morgan fingerprint density at radius 3 is 2.74 bits per heavy atom. The molecule has 3 rings (SSSR count). The molecule has 122 valence electrons. The van der Waals surface area contributed by atoms with Gasteiger partial charge < -0.3 is 19.3 Å². The second-order valence-electron chi connectivity index (χ2n) is 5.92. The SMILES string of the molecule is COc1ccc([C@](C)(O)[C@@H]2CCCN2C(=O)c2ccon2)cc1. The van der Waals surface area contributed by atoms with Crippen LogP contribution in [0.5, 0.6) is 5.75 Å². The molecule has 1 saturated heterocycles. The number of carbonyl (C=O) groups excluding carboxylic acids is 1. The zero-order valence-corrected chi connectivity index (χ0v) is 13.2. The fourth-order valence-electron chi connectivity index (χ4n) is 3.19. The zero-order valence-electron chi connectivity index (χ0n) is 13.2. The largest absolute Gasteiger partial charge is 0.497 e. The predicted molar refractivity (Wildman–Crippen MR) is 83.1 cm³/mol. The molecule has 1 fully saturated rings. The maximum Gasteiger partial charge on any atom is 0.276 e. The molecule has 1 amide bonds. The lowest BCUT2D eigenvalue weighted by atomic mass is 9.86. The molecule has 0 unspecified atom stereocenters. The van der Waals surface area contributed by atoms with Crippen LogP contribution in [0.25, 0.3) is 0 Å². The van der Waals surface area contributed by atoms with E-state index < -0.39 is 5.60 Å². The number of hydrogen-bond acceptors (Lipinski definition) is 5. The highest BCUT2D eigenvalue weighted by molar-refractivity contribution is 5.92. The van der Waals surface area contributed by atoms with Gasteiger partial charge >= 0.3 is 0 Å². The standard InChI is InChI=1S/C17H20N2O4/c1-17(21,12-5-7-13(22-2)8-6-12)15-4-3-10-19(15)16(20)14-9-11-23-18-14/h5-9,11,15,21H,3-4,10H2,1-2H3/t15-,17-/m0/s1. The molecule has 1 aromatic heterocycles. The van der Waals surface area contributed by atoms with E-state index in [0.717, 1.165) is 24.2 Å². The van der Waals surface area contributed by atoms with Crippen molar-refractivity contribution in [3.8, 4) is 5.75 Å². The molecule has 0 radical (unpaired) electrons. The minimum atomic E-state index is -1.15. The van der Waals surface area contributed by atoms with Gasteiger partial charge in [0.05, 0.1) is 13.2 Å². The summed E-state index contributed by atoms with van der Waals surface area (Å²) in [7, 11) is 1.60. The predicted octanol–water partition coefficient (Wildman–Crippen LogP) is 2.20. The van der Waals surface area contributed by atoms with Gasteiger partial charge in [-0.2, -0.15) is 0 Å². The number of benzene rings is 1. The summed E-state index contributed by atoms with van der Waals surface area (Å²) in [5, 5.41) is 14.8. The first-order valence-electron chi connectivity index (χ1n) is 7.62. The van der Waals surface area contributed by atoms with Crippen LogP contribution in [0.1, 0.15) is 35.8 Å². The smallest absolute Gasteiger partial charge is 0.276 e. The van der Waals surface area contributed by atoms with Crippen LogP contribution in [0.2, 0.25) is 0 Å². The van der Waals surface area contributed by atoms with Crippen molar-refractivity contribution in [2.45, 2.75) is 31.4 Å². The normalized spacial score (nSPS) is 20.3. The van der Waals surface area contributed by atoms with Gasteiger partial charge in [-0.05, 0) is 37.5 Å². The van der Waals surface area contributed by atoms with Gasteiger partial charge in [-0.3, -0.25) is 4.79 Å². The summed E-state index contributed by atoms with van der Waals surface area (Å²) in [5.41, 5.74) is -0.132. The number of carbonyl (C=O) groups is 1. The Hall–Kier alpha value is -2.34. The van der Waals surface area contributed by atoms with Crippen molar-refractivity contribution in [1.82, 2.24) is 10.1 Å². The van der Waals surface area contributed by atoms with Crippen molar-refractivity contribution in [2.75, 3.05) is 13.7 Å². The summed E-state index contributed by atoms with van der Waals surface area (Å²) in [6.07, 6.45) is 2.96. The van der Waals surface area contributed by atoms with E-state index in [2.05, 4.69) is 5.16 Å². The molecule has 1 aliphatic heterocycles. The molecule has 0 spiro atoms. The molecular weight excluding hydrogens is 296 g/mol. The average molecular weight is 316 g/mol. The lowest BCUT2D eigenvalue weighted by Crippen LogP contribution is -2.48. The summed E-state index contributed by atoms with van der Waals surface area (Å²) in [6, 6.07) is 8.51. The highest BCUT2D eigenvalue weighted by Crippen LogP contribution is 2.35. The van der Waals surface area contributed by atoms with Gasteiger partial charge in [0.15, 0.2) is 5.69 Å². The minimum Gasteiger partial charge on any atom is -0.497 e. The summed E-state index contributed by atoms with van der Waals surface area (Å²) in [4.78, 5) is 14.3. The third-order valence-electron chi connectivity index (χ3n) is 4.49. The topological polar surface area (TPSA) is 75.8 Å². The summed E-state index contributed by atoms with van der Waals surface area (Å²) < 4.78 is 9.90. The highest BCUT2D eigenvalue weighted by Gasteiger charge is 2.43. The molecule has 23 heavy (non-hydrogen) atoms. The van der Waals surface area contributed by atoms with E-state index in [9.17, 15) is 9.90 Å². The van der Waals surface area contributed by atoms with E-state index in [4.69, 9.17) is 9.26 Å². The number of methoxy groups -OCH3 is 1. The molecule has 1 aromatic carbocycles. The van der Waals surface area contributed by atoms with Gasteiger partial charge in [0.1, 0.15) is 17.6 Å². The van der Waals surface area contributed by atoms with E-state index in [1.54, 1.807) is 25.0 Å². The van der Waals surface area contributed by atoms with E-state index >= 15 is 0 Å². The van der Waals surface area contributed by atoms with Crippen LogP contribution < -0.4 is 4.74 Å². The van der Waals surface area contributed by atoms with E-state index in [-0.39, 0.29) is 17.6 Å². The van der Waals surface area contributed by atoms with Crippen LogP contribution >= 0.6 is 0 Å². The Labute approximate surface area is 134 Å². The number of aromatic nitrogens is 1. The third-order valence-corrected chi connectivity index (χ3v) is 4.49. The van der Waals surface area contributed by atoms with E-state index in [0.29, 0.717) is 6.54 Å². The Balaban J connectivity index is 1.86. The number of likely N-dealkylation sites (tertiary alicyclic amines) is 1. The van der Waals surface area contributed by atoms with Crippen molar-refractivity contribution in [3.63, 3.8) is 0 Å². The number of rotatable bonds is 4. The number of amides is 1. The lowest BCUT2D eigenvalue weighted by Gasteiger charge is -2.36. The van der Waals surface area contributed by atoms with Gasteiger partial charge in [0.25, 0.3) is 5.91 Å². The Bertz CT molecular complexity index is 664. The summed E-state index contributed by atoms with van der Waals surface area (Å²) in [6.45, 7) is 2.34.